The quantitative estimate of drug-likeness (QED) is 0.285. The van der Waals surface area contributed by atoms with Crippen LogP contribution < -0.4 is 19.5 Å². The first-order valence-electron chi connectivity index (χ1n) is 15.6. The molecule has 1 unspecified atom stereocenters. The molecule has 1 heterocycles. The van der Waals surface area contributed by atoms with Gasteiger partial charge in [-0.3, -0.25) is 4.79 Å². The summed E-state index contributed by atoms with van der Waals surface area (Å²) in [6, 6.07) is 13.0. The summed E-state index contributed by atoms with van der Waals surface area (Å²) < 4.78 is 28.6. The topological polar surface area (TPSA) is 92.3 Å². The molecule has 0 spiro atoms. The van der Waals surface area contributed by atoms with E-state index in [9.17, 15) is 9.59 Å². The summed E-state index contributed by atoms with van der Waals surface area (Å²) in [5.41, 5.74) is 1.87. The van der Waals surface area contributed by atoms with Gasteiger partial charge in [0.2, 0.25) is 0 Å². The van der Waals surface area contributed by atoms with Crippen molar-refractivity contribution in [2.24, 2.45) is 0 Å². The number of methoxy groups -OCH3 is 2. The second-order valence-electron chi connectivity index (χ2n) is 11.3. The van der Waals surface area contributed by atoms with E-state index in [4.69, 9.17) is 23.7 Å². The molecule has 2 aromatic carbocycles. The zero-order chi connectivity index (χ0) is 29.6. The third-order valence-corrected chi connectivity index (χ3v) is 8.18. The molecular weight excluding hydrogens is 534 g/mol. The molecule has 4 rings (SSSR count). The number of ether oxygens (including phenoxy) is 5. The van der Waals surface area contributed by atoms with Crippen LogP contribution in [0.15, 0.2) is 42.5 Å². The number of hydrogen-bond acceptors (Lipinski definition) is 8. The van der Waals surface area contributed by atoms with Gasteiger partial charge in [0.05, 0.1) is 14.2 Å². The molecule has 2 atom stereocenters. The first kappa shape index (κ1) is 31.7. The van der Waals surface area contributed by atoms with Crippen molar-refractivity contribution in [2.45, 2.75) is 102 Å². The molecule has 1 aliphatic carbocycles. The first-order valence-corrected chi connectivity index (χ1v) is 15.6. The number of nitrogens with one attached hydrogen (secondary N) is 1. The van der Waals surface area contributed by atoms with E-state index < -0.39 is 6.10 Å². The van der Waals surface area contributed by atoms with Crippen molar-refractivity contribution >= 4 is 11.9 Å². The van der Waals surface area contributed by atoms with Crippen LogP contribution in [0.5, 0.6) is 17.2 Å². The first-order chi connectivity index (χ1) is 20.6. The molecule has 1 aliphatic heterocycles. The molecule has 1 saturated carbocycles. The number of aryl methyl sites for hydroxylation is 1. The molecular formula is C34H47NO7. The molecule has 42 heavy (non-hydrogen) atoms. The van der Waals surface area contributed by atoms with Gasteiger partial charge in [0, 0.05) is 0 Å². The fraction of sp³-hybridized carbons (Fsp3) is 0.588. The molecule has 1 saturated heterocycles. The largest absolute Gasteiger partial charge is 0.493 e. The van der Waals surface area contributed by atoms with E-state index in [2.05, 4.69) is 5.32 Å². The predicted octanol–water partition coefficient (Wildman–Crippen LogP) is 6.49. The average molecular weight is 582 g/mol. The highest BCUT2D eigenvalue weighted by molar-refractivity contribution is 5.76. The Kier molecular flexibility index (Phi) is 12.8. The van der Waals surface area contributed by atoms with Gasteiger partial charge in [-0.05, 0) is 93.3 Å². The summed E-state index contributed by atoms with van der Waals surface area (Å²) in [5, 5.41) is 3.28. The molecule has 0 radical (unpaired) electrons. The fourth-order valence-electron chi connectivity index (χ4n) is 5.78. The third-order valence-electron chi connectivity index (χ3n) is 8.18. The lowest BCUT2D eigenvalue weighted by Gasteiger charge is -2.26. The van der Waals surface area contributed by atoms with Gasteiger partial charge in [0.1, 0.15) is 24.0 Å². The fourth-order valence-corrected chi connectivity index (χ4v) is 5.78. The Bertz CT molecular complexity index is 1120. The average Bonchev–Trinajstić information content (AvgIpc) is 3.16. The minimum absolute atomic E-state index is 0.0284. The number of benzene rings is 2. The Morgan fingerprint density at radius 1 is 0.857 bits per heavy atom. The minimum Gasteiger partial charge on any atom is -0.493 e. The van der Waals surface area contributed by atoms with Crippen molar-refractivity contribution in [2.75, 3.05) is 27.4 Å². The maximum Gasteiger partial charge on any atom is 0.344 e. The molecule has 2 aliphatic rings. The van der Waals surface area contributed by atoms with Gasteiger partial charge < -0.3 is 29.0 Å². The molecule has 8 nitrogen and oxygen atoms in total. The zero-order valence-electron chi connectivity index (χ0n) is 25.2. The summed E-state index contributed by atoms with van der Waals surface area (Å²) in [6.07, 6.45) is 12.5. The van der Waals surface area contributed by atoms with E-state index in [1.807, 2.05) is 42.5 Å². The van der Waals surface area contributed by atoms with Crippen molar-refractivity contribution in [3.8, 4) is 17.2 Å². The number of hydrogen-bond donors (Lipinski definition) is 1. The molecule has 0 amide bonds. The van der Waals surface area contributed by atoms with E-state index in [0.717, 1.165) is 62.6 Å². The third kappa shape index (κ3) is 9.93. The molecule has 1 N–H and O–H groups in total. The Hall–Kier alpha value is -3.26. The SMILES string of the molecule is COc1ccc(CCC(OC(=O)[C@@H]2CCCCN2)c2cccc(OCC(=O)OC3CCCCCCCC3)c2)cc1OC. The summed E-state index contributed by atoms with van der Waals surface area (Å²) in [5.74, 6) is 1.29. The Labute approximate surface area is 250 Å². The molecule has 2 fully saturated rings. The van der Waals surface area contributed by atoms with Crippen molar-refractivity contribution in [1.82, 2.24) is 5.32 Å². The standard InChI is InChI=1S/C34H47NO7/c1-38-31-20-18-25(22-32(31)39-2)17-19-30(42-34(37)29-16-9-10-21-35-29)26-12-11-15-28(23-26)40-24-33(36)41-27-13-7-5-3-4-6-8-14-27/h11-12,15,18,20,22-23,27,29-30,35H,3-10,13-14,16-17,19,21,24H2,1-2H3/t29-,30?/m0/s1. The van der Waals surface area contributed by atoms with Crippen LogP contribution in [0.25, 0.3) is 0 Å². The normalized spacial score (nSPS) is 19.0. The van der Waals surface area contributed by atoms with Crippen molar-refractivity contribution in [3.63, 3.8) is 0 Å². The van der Waals surface area contributed by atoms with E-state index >= 15 is 0 Å². The second-order valence-corrected chi connectivity index (χ2v) is 11.3. The van der Waals surface area contributed by atoms with Crippen LogP contribution in [-0.2, 0) is 25.5 Å². The van der Waals surface area contributed by atoms with Gasteiger partial charge in [-0.25, -0.2) is 4.79 Å². The van der Waals surface area contributed by atoms with Crippen LogP contribution in [0.3, 0.4) is 0 Å². The van der Waals surface area contributed by atoms with Gasteiger partial charge in [-0.1, -0.05) is 50.3 Å². The van der Waals surface area contributed by atoms with Crippen molar-refractivity contribution < 1.29 is 33.3 Å². The summed E-state index contributed by atoms with van der Waals surface area (Å²) in [7, 11) is 3.23. The summed E-state index contributed by atoms with van der Waals surface area (Å²) in [4.78, 5) is 25.7. The van der Waals surface area contributed by atoms with E-state index in [0.29, 0.717) is 30.1 Å². The number of piperidine rings is 1. The van der Waals surface area contributed by atoms with Gasteiger partial charge in [0.25, 0.3) is 0 Å². The predicted molar refractivity (Wildman–Crippen MR) is 161 cm³/mol. The Morgan fingerprint density at radius 3 is 2.31 bits per heavy atom. The molecule has 0 aromatic heterocycles. The minimum atomic E-state index is -0.483. The van der Waals surface area contributed by atoms with E-state index in [-0.39, 0.29) is 30.7 Å². The highest BCUT2D eigenvalue weighted by Crippen LogP contribution is 2.31. The van der Waals surface area contributed by atoms with Gasteiger partial charge in [-0.15, -0.1) is 0 Å². The van der Waals surface area contributed by atoms with E-state index in [1.54, 1.807) is 14.2 Å². The van der Waals surface area contributed by atoms with Gasteiger partial charge in [-0.2, -0.15) is 0 Å². The monoisotopic (exact) mass is 581 g/mol. The van der Waals surface area contributed by atoms with E-state index in [1.165, 1.54) is 25.7 Å². The Morgan fingerprint density at radius 2 is 1.60 bits per heavy atom. The van der Waals surface area contributed by atoms with Crippen LogP contribution in [-0.4, -0.2) is 51.5 Å². The maximum atomic E-state index is 13.1. The van der Waals surface area contributed by atoms with Crippen molar-refractivity contribution in [1.29, 1.82) is 0 Å². The number of carbonyl (C=O) groups excluding carboxylic acids is 2. The maximum absolute atomic E-state index is 13.1. The lowest BCUT2D eigenvalue weighted by atomic mass is 10.00. The van der Waals surface area contributed by atoms with Crippen molar-refractivity contribution in [3.05, 3.63) is 53.6 Å². The van der Waals surface area contributed by atoms with Crippen LogP contribution in [0.1, 0.15) is 94.3 Å². The van der Waals surface area contributed by atoms with Crippen LogP contribution in [0.4, 0.5) is 0 Å². The smallest absolute Gasteiger partial charge is 0.344 e. The number of esters is 2. The molecule has 230 valence electrons. The molecule has 2 aromatic rings. The van der Waals surface area contributed by atoms with Gasteiger partial charge >= 0.3 is 11.9 Å². The van der Waals surface area contributed by atoms with Crippen LogP contribution >= 0.6 is 0 Å². The summed E-state index contributed by atoms with van der Waals surface area (Å²) in [6.45, 7) is 0.665. The second kappa shape index (κ2) is 17.0. The highest BCUT2D eigenvalue weighted by Gasteiger charge is 2.26. The van der Waals surface area contributed by atoms with Gasteiger partial charge in [0.15, 0.2) is 18.1 Å². The molecule has 0 bridgehead atoms. The molecule has 8 heteroatoms. The lowest BCUT2D eigenvalue weighted by Crippen LogP contribution is -2.41. The number of rotatable bonds is 12. The Balaban J connectivity index is 1.40. The number of carbonyl (C=O) groups is 2. The van der Waals surface area contributed by atoms with Crippen LogP contribution in [0, 0.1) is 0 Å². The van der Waals surface area contributed by atoms with Crippen LogP contribution in [0.2, 0.25) is 0 Å². The highest BCUT2D eigenvalue weighted by atomic mass is 16.6. The lowest BCUT2D eigenvalue weighted by molar-refractivity contribution is -0.153. The zero-order valence-corrected chi connectivity index (χ0v) is 25.2. The summed E-state index contributed by atoms with van der Waals surface area (Å²) >= 11 is 0.